The van der Waals surface area contributed by atoms with Crippen LogP contribution in [-0.2, 0) is 9.53 Å². The molecule has 1 heterocycles. The molecule has 1 rings (SSSR count). The molecule has 0 bridgehead atoms. The lowest BCUT2D eigenvalue weighted by Crippen LogP contribution is -2.42. The molecule has 0 aromatic rings. The second kappa shape index (κ2) is 7.28. The van der Waals surface area contributed by atoms with Crippen LogP contribution in [0.4, 0.5) is 4.79 Å². The van der Waals surface area contributed by atoms with Crippen LogP contribution in [0.3, 0.4) is 0 Å². The summed E-state index contributed by atoms with van der Waals surface area (Å²) >= 11 is 0. The fourth-order valence-electron chi connectivity index (χ4n) is 2.12. The van der Waals surface area contributed by atoms with Crippen molar-refractivity contribution in [2.45, 2.75) is 65.0 Å². The monoisotopic (exact) mass is 291 g/mol. The van der Waals surface area contributed by atoms with Gasteiger partial charge in [0.15, 0.2) is 0 Å². The SMILES string of the molecule is C=C=C(CCCC)CC1C=CC(=O)N1C(=O)OC(C)(C)C. The van der Waals surface area contributed by atoms with Crippen molar-refractivity contribution in [1.82, 2.24) is 4.90 Å². The standard InChI is InChI=1S/C17H25NO3/c1-6-8-9-13(7-2)12-14-10-11-15(19)18(14)16(20)21-17(3,4)5/h10-11,14H,2,6,8-9,12H2,1,3-5H3. The molecule has 0 radical (unpaired) electrons. The fourth-order valence-corrected chi connectivity index (χ4v) is 2.12. The first kappa shape index (κ1) is 17.3. The number of unbranched alkanes of at least 4 members (excludes halogenated alkanes) is 1. The number of amides is 2. The van der Waals surface area contributed by atoms with Gasteiger partial charge in [-0.15, -0.1) is 5.73 Å². The average Bonchev–Trinajstić information content (AvgIpc) is 2.73. The molecule has 0 aromatic heterocycles. The van der Waals surface area contributed by atoms with Crippen molar-refractivity contribution in [1.29, 1.82) is 0 Å². The molecule has 0 spiro atoms. The lowest BCUT2D eigenvalue weighted by Gasteiger charge is -2.27. The van der Waals surface area contributed by atoms with Crippen LogP contribution < -0.4 is 0 Å². The predicted octanol–water partition coefficient (Wildman–Crippen LogP) is 3.98. The van der Waals surface area contributed by atoms with Gasteiger partial charge < -0.3 is 4.74 Å². The van der Waals surface area contributed by atoms with Crippen LogP contribution in [0.25, 0.3) is 0 Å². The van der Waals surface area contributed by atoms with Crippen molar-refractivity contribution in [3.8, 4) is 0 Å². The van der Waals surface area contributed by atoms with E-state index in [9.17, 15) is 9.59 Å². The minimum Gasteiger partial charge on any atom is -0.443 e. The Morgan fingerprint density at radius 2 is 2.14 bits per heavy atom. The number of hydrogen-bond acceptors (Lipinski definition) is 3. The van der Waals surface area contributed by atoms with Crippen LogP contribution in [0.5, 0.6) is 0 Å². The zero-order chi connectivity index (χ0) is 16.0. The van der Waals surface area contributed by atoms with Gasteiger partial charge in [0.1, 0.15) is 5.60 Å². The van der Waals surface area contributed by atoms with Crippen molar-refractivity contribution in [2.24, 2.45) is 0 Å². The smallest absolute Gasteiger partial charge is 0.417 e. The fraction of sp³-hybridized carbons (Fsp3) is 0.588. The highest BCUT2D eigenvalue weighted by atomic mass is 16.6. The molecule has 1 aliphatic rings. The number of carbonyl (C=O) groups excluding carboxylic acids is 2. The van der Waals surface area contributed by atoms with Crippen LogP contribution >= 0.6 is 0 Å². The molecule has 116 valence electrons. The van der Waals surface area contributed by atoms with Gasteiger partial charge in [0.05, 0.1) is 6.04 Å². The summed E-state index contributed by atoms with van der Waals surface area (Å²) in [6.45, 7) is 11.2. The molecule has 0 aromatic carbocycles. The minimum absolute atomic E-state index is 0.298. The van der Waals surface area contributed by atoms with Gasteiger partial charge in [-0.2, -0.15) is 0 Å². The Kier molecular flexibility index (Phi) is 5.98. The number of carbonyl (C=O) groups is 2. The molecule has 0 aliphatic carbocycles. The Morgan fingerprint density at radius 1 is 1.48 bits per heavy atom. The molecule has 1 unspecified atom stereocenters. The first-order chi connectivity index (χ1) is 9.78. The van der Waals surface area contributed by atoms with Crippen molar-refractivity contribution < 1.29 is 14.3 Å². The van der Waals surface area contributed by atoms with E-state index >= 15 is 0 Å². The molecular formula is C17H25NO3. The Labute approximate surface area is 127 Å². The normalized spacial score (nSPS) is 17.8. The third-order valence-electron chi connectivity index (χ3n) is 3.16. The van der Waals surface area contributed by atoms with Gasteiger partial charge >= 0.3 is 6.09 Å². The Bertz CT molecular complexity index is 479. The summed E-state index contributed by atoms with van der Waals surface area (Å²) in [4.78, 5) is 25.2. The maximum atomic E-state index is 12.2. The number of ether oxygens (including phenoxy) is 1. The number of rotatable bonds is 5. The van der Waals surface area contributed by atoms with Crippen molar-refractivity contribution in [3.63, 3.8) is 0 Å². The van der Waals surface area contributed by atoms with Crippen molar-refractivity contribution in [3.05, 3.63) is 30.0 Å². The highest BCUT2D eigenvalue weighted by Crippen LogP contribution is 2.23. The molecular weight excluding hydrogens is 266 g/mol. The largest absolute Gasteiger partial charge is 0.443 e. The van der Waals surface area contributed by atoms with Gasteiger partial charge in [-0.1, -0.05) is 26.0 Å². The minimum atomic E-state index is -0.621. The van der Waals surface area contributed by atoms with Crippen LogP contribution in [0.2, 0.25) is 0 Å². The van der Waals surface area contributed by atoms with Gasteiger partial charge in [0, 0.05) is 12.5 Å². The van der Waals surface area contributed by atoms with E-state index in [0.717, 1.165) is 24.8 Å². The van der Waals surface area contributed by atoms with Gasteiger partial charge in [0.25, 0.3) is 5.91 Å². The summed E-state index contributed by atoms with van der Waals surface area (Å²) in [6.07, 6.45) is 6.17. The molecule has 0 saturated carbocycles. The van der Waals surface area contributed by atoms with E-state index in [1.54, 1.807) is 26.8 Å². The Balaban J connectivity index is 2.77. The quantitative estimate of drug-likeness (QED) is 0.720. The zero-order valence-corrected chi connectivity index (χ0v) is 13.4. The van der Waals surface area contributed by atoms with Crippen LogP contribution in [0.1, 0.15) is 53.4 Å². The molecule has 2 amide bonds. The maximum Gasteiger partial charge on any atom is 0.417 e. The lowest BCUT2D eigenvalue weighted by atomic mass is 10.0. The topological polar surface area (TPSA) is 46.6 Å². The highest BCUT2D eigenvalue weighted by molar-refractivity contribution is 6.01. The van der Waals surface area contributed by atoms with E-state index in [1.807, 2.05) is 0 Å². The summed E-state index contributed by atoms with van der Waals surface area (Å²) in [7, 11) is 0. The summed E-state index contributed by atoms with van der Waals surface area (Å²) < 4.78 is 5.30. The predicted molar refractivity (Wildman–Crippen MR) is 82.8 cm³/mol. The van der Waals surface area contributed by atoms with Gasteiger partial charge in [-0.3, -0.25) is 4.79 Å². The molecule has 4 nitrogen and oxygen atoms in total. The van der Waals surface area contributed by atoms with E-state index in [1.165, 1.54) is 11.0 Å². The average molecular weight is 291 g/mol. The van der Waals surface area contributed by atoms with Gasteiger partial charge in [-0.25, -0.2) is 9.69 Å². The van der Waals surface area contributed by atoms with Crippen molar-refractivity contribution >= 4 is 12.0 Å². The Morgan fingerprint density at radius 3 is 2.67 bits per heavy atom. The number of imide groups is 1. The maximum absolute atomic E-state index is 12.2. The molecule has 0 N–H and O–H groups in total. The molecule has 0 fully saturated rings. The number of hydrogen-bond donors (Lipinski definition) is 0. The molecule has 21 heavy (non-hydrogen) atoms. The molecule has 4 heteroatoms. The van der Waals surface area contributed by atoms with E-state index in [4.69, 9.17) is 4.74 Å². The zero-order valence-electron chi connectivity index (χ0n) is 13.4. The van der Waals surface area contributed by atoms with E-state index in [0.29, 0.717) is 6.42 Å². The summed E-state index contributed by atoms with van der Waals surface area (Å²) in [5, 5.41) is 0. The van der Waals surface area contributed by atoms with Crippen LogP contribution in [-0.4, -0.2) is 28.5 Å². The van der Waals surface area contributed by atoms with Gasteiger partial charge in [0.2, 0.25) is 0 Å². The summed E-state index contributed by atoms with van der Waals surface area (Å²) in [5.41, 5.74) is 3.34. The third kappa shape index (κ3) is 5.24. The summed E-state index contributed by atoms with van der Waals surface area (Å²) in [5.74, 6) is -0.326. The second-order valence-corrected chi connectivity index (χ2v) is 6.20. The molecule has 0 saturated heterocycles. The molecule has 1 atom stereocenters. The van der Waals surface area contributed by atoms with E-state index in [-0.39, 0.29) is 11.9 Å². The van der Waals surface area contributed by atoms with Gasteiger partial charge in [-0.05, 0) is 39.2 Å². The van der Waals surface area contributed by atoms with Crippen LogP contribution in [0.15, 0.2) is 30.0 Å². The molecule has 1 aliphatic heterocycles. The van der Waals surface area contributed by atoms with E-state index in [2.05, 4.69) is 19.2 Å². The third-order valence-corrected chi connectivity index (χ3v) is 3.16. The lowest BCUT2D eigenvalue weighted by molar-refractivity contribution is -0.125. The summed E-state index contributed by atoms with van der Waals surface area (Å²) in [6, 6.07) is -0.298. The first-order valence-electron chi connectivity index (χ1n) is 7.40. The first-order valence-corrected chi connectivity index (χ1v) is 7.40. The number of nitrogens with zero attached hydrogens (tertiary/aromatic N) is 1. The Hall–Kier alpha value is -1.80. The van der Waals surface area contributed by atoms with Crippen LogP contribution in [0, 0.1) is 0 Å². The highest BCUT2D eigenvalue weighted by Gasteiger charge is 2.35. The van der Waals surface area contributed by atoms with E-state index < -0.39 is 11.7 Å². The second-order valence-electron chi connectivity index (χ2n) is 6.20. The van der Waals surface area contributed by atoms with Crippen molar-refractivity contribution in [2.75, 3.05) is 0 Å².